The van der Waals surface area contributed by atoms with Crippen molar-refractivity contribution < 1.29 is 4.74 Å². The number of ether oxygens (including phenoxy) is 1. The molecule has 6 nitrogen and oxygen atoms in total. The van der Waals surface area contributed by atoms with Gasteiger partial charge in [0.05, 0.1) is 16.6 Å². The minimum absolute atomic E-state index is 0.103. The van der Waals surface area contributed by atoms with Crippen molar-refractivity contribution in [1.29, 1.82) is 0 Å². The van der Waals surface area contributed by atoms with Crippen molar-refractivity contribution in [2.24, 2.45) is 0 Å². The maximum atomic E-state index is 12.2. The lowest BCUT2D eigenvalue weighted by atomic mass is 10.2. The molecular formula is C18H21ClN4O2. The number of halogens is 1. The van der Waals surface area contributed by atoms with E-state index in [0.717, 1.165) is 13.2 Å². The van der Waals surface area contributed by atoms with Crippen LogP contribution in [0.25, 0.3) is 16.6 Å². The van der Waals surface area contributed by atoms with Gasteiger partial charge in [0.2, 0.25) is 0 Å². The molecule has 7 heteroatoms. The third-order valence-corrected chi connectivity index (χ3v) is 3.66. The van der Waals surface area contributed by atoms with Crippen LogP contribution in [-0.2, 0) is 4.74 Å². The number of nitrogen functional groups attached to an aromatic ring is 2. The van der Waals surface area contributed by atoms with E-state index in [0.29, 0.717) is 27.3 Å². The molecule has 4 N–H and O–H groups in total. The number of anilines is 2. The summed E-state index contributed by atoms with van der Waals surface area (Å²) in [5.74, 6) is 0.103. The number of fused-ring (bicyclic) bond motifs is 1. The van der Waals surface area contributed by atoms with E-state index in [9.17, 15) is 4.79 Å². The second-order valence-corrected chi connectivity index (χ2v) is 5.56. The highest BCUT2D eigenvalue weighted by Crippen LogP contribution is 2.29. The maximum Gasteiger partial charge on any atom is 0.354 e. The van der Waals surface area contributed by atoms with E-state index < -0.39 is 5.69 Å². The summed E-state index contributed by atoms with van der Waals surface area (Å²) in [6, 6.07) is 12.4. The summed E-state index contributed by atoms with van der Waals surface area (Å²) in [6.45, 7) is 5.67. The molecule has 0 radical (unpaired) electrons. The van der Waals surface area contributed by atoms with Gasteiger partial charge in [0.25, 0.3) is 0 Å². The van der Waals surface area contributed by atoms with E-state index in [1.54, 1.807) is 24.3 Å². The molecule has 1 aromatic heterocycles. The Balaban J connectivity index is 0.000000399. The Morgan fingerprint density at radius 3 is 2.32 bits per heavy atom. The number of hydrogen-bond acceptors (Lipinski definition) is 5. The number of aromatic nitrogens is 2. The third kappa shape index (κ3) is 4.29. The highest BCUT2D eigenvalue weighted by molar-refractivity contribution is 6.32. The molecule has 0 unspecified atom stereocenters. The van der Waals surface area contributed by atoms with Gasteiger partial charge in [-0.2, -0.15) is 4.98 Å². The second-order valence-electron chi connectivity index (χ2n) is 5.12. The van der Waals surface area contributed by atoms with Crippen LogP contribution >= 0.6 is 11.6 Å². The normalized spacial score (nSPS) is 10.4. The maximum absolute atomic E-state index is 12.2. The summed E-state index contributed by atoms with van der Waals surface area (Å²) >= 11 is 6.03. The van der Waals surface area contributed by atoms with Crippen LogP contribution in [0.4, 0.5) is 11.5 Å². The Hall–Kier alpha value is -2.57. The molecule has 0 aliphatic carbocycles. The second kappa shape index (κ2) is 8.50. The third-order valence-electron chi connectivity index (χ3n) is 3.44. The van der Waals surface area contributed by atoms with Gasteiger partial charge >= 0.3 is 5.69 Å². The van der Waals surface area contributed by atoms with Gasteiger partial charge in [0.1, 0.15) is 5.82 Å². The summed E-state index contributed by atoms with van der Waals surface area (Å²) in [4.78, 5) is 16.0. The molecule has 132 valence electrons. The molecule has 2 aromatic carbocycles. The Bertz CT molecular complexity index is 908. The van der Waals surface area contributed by atoms with Crippen molar-refractivity contribution in [3.05, 3.63) is 58.0 Å². The summed E-state index contributed by atoms with van der Waals surface area (Å²) in [5, 5.41) is 0.961. The molecule has 0 saturated carbocycles. The molecule has 0 aliphatic rings. The van der Waals surface area contributed by atoms with E-state index in [2.05, 4.69) is 4.98 Å². The van der Waals surface area contributed by atoms with Crippen molar-refractivity contribution in [3.8, 4) is 5.69 Å². The number of nitrogens with two attached hydrogens (primary N) is 2. The van der Waals surface area contributed by atoms with Gasteiger partial charge in [-0.25, -0.2) is 4.79 Å². The predicted octanol–water partition coefficient (Wildman–Crippen LogP) is 3.25. The first-order chi connectivity index (χ1) is 12.0. The van der Waals surface area contributed by atoms with Crippen LogP contribution in [0.3, 0.4) is 0 Å². The molecule has 0 atom stereocenters. The average molecular weight is 361 g/mol. The zero-order valence-corrected chi connectivity index (χ0v) is 15.0. The van der Waals surface area contributed by atoms with Crippen molar-refractivity contribution >= 4 is 34.0 Å². The van der Waals surface area contributed by atoms with Gasteiger partial charge in [-0.1, -0.05) is 29.8 Å². The molecule has 3 aromatic rings. The minimum Gasteiger partial charge on any atom is -0.398 e. The Kier molecular flexibility index (Phi) is 6.38. The van der Waals surface area contributed by atoms with Crippen LogP contribution in [-0.4, -0.2) is 22.8 Å². The summed E-state index contributed by atoms with van der Waals surface area (Å²) in [5.41, 5.74) is 12.9. The smallest absolute Gasteiger partial charge is 0.354 e. The van der Waals surface area contributed by atoms with Crippen LogP contribution in [0.1, 0.15) is 13.8 Å². The molecule has 1 heterocycles. The number of para-hydroxylation sites is 1. The molecule has 0 bridgehead atoms. The summed E-state index contributed by atoms with van der Waals surface area (Å²) < 4.78 is 6.27. The fourth-order valence-electron chi connectivity index (χ4n) is 2.41. The summed E-state index contributed by atoms with van der Waals surface area (Å²) in [6.07, 6.45) is 0. The topological polar surface area (TPSA) is 96.2 Å². The highest BCUT2D eigenvalue weighted by atomic mass is 35.5. The molecule has 0 aliphatic heterocycles. The van der Waals surface area contributed by atoms with Gasteiger partial charge in [0.15, 0.2) is 0 Å². The first-order valence-electron chi connectivity index (χ1n) is 7.90. The molecule has 3 rings (SSSR count). The Morgan fingerprint density at radius 2 is 1.76 bits per heavy atom. The minimum atomic E-state index is -0.470. The fourth-order valence-corrected chi connectivity index (χ4v) is 2.63. The number of hydrogen-bond donors (Lipinski definition) is 2. The lowest BCUT2D eigenvalue weighted by Gasteiger charge is -2.12. The molecule has 0 amide bonds. The zero-order chi connectivity index (χ0) is 18.4. The molecule has 0 saturated heterocycles. The largest absolute Gasteiger partial charge is 0.398 e. The van der Waals surface area contributed by atoms with Crippen molar-refractivity contribution in [3.63, 3.8) is 0 Å². The van der Waals surface area contributed by atoms with Crippen LogP contribution in [0.5, 0.6) is 0 Å². The van der Waals surface area contributed by atoms with Gasteiger partial charge in [-0.15, -0.1) is 0 Å². The van der Waals surface area contributed by atoms with Crippen LogP contribution in [0.2, 0.25) is 5.02 Å². The average Bonchev–Trinajstić information content (AvgIpc) is 2.56. The molecule has 0 spiro atoms. The van der Waals surface area contributed by atoms with Crippen LogP contribution in [0, 0.1) is 0 Å². The molecular weight excluding hydrogens is 340 g/mol. The zero-order valence-electron chi connectivity index (χ0n) is 14.2. The number of rotatable bonds is 3. The van der Waals surface area contributed by atoms with Gasteiger partial charge in [-0.3, -0.25) is 4.57 Å². The Morgan fingerprint density at radius 1 is 1.12 bits per heavy atom. The fraction of sp³-hybridized carbons (Fsp3) is 0.222. The SMILES string of the molecule is CCOCC.Nc1cc(Cl)cc2c1c(N)nc(=O)n2-c1ccccc1. The van der Waals surface area contributed by atoms with Gasteiger partial charge < -0.3 is 16.2 Å². The quantitative estimate of drug-likeness (QED) is 0.699. The number of benzene rings is 2. The van der Waals surface area contributed by atoms with E-state index in [1.165, 1.54) is 4.57 Å². The van der Waals surface area contributed by atoms with E-state index >= 15 is 0 Å². The van der Waals surface area contributed by atoms with Crippen molar-refractivity contribution in [1.82, 2.24) is 9.55 Å². The van der Waals surface area contributed by atoms with E-state index in [4.69, 9.17) is 27.8 Å². The standard InChI is InChI=1S/C14H11ClN4O.C4H10O/c15-8-6-10(16)12-11(7-8)19(14(20)18-13(12)17)9-4-2-1-3-5-9;1-3-5-4-2/h1-7H,16H2,(H2,17,18,20);3-4H2,1-2H3. The van der Waals surface area contributed by atoms with E-state index in [1.807, 2.05) is 32.0 Å². The van der Waals surface area contributed by atoms with Crippen LogP contribution < -0.4 is 17.2 Å². The first-order valence-corrected chi connectivity index (χ1v) is 8.27. The lowest BCUT2D eigenvalue weighted by Crippen LogP contribution is -2.23. The summed E-state index contributed by atoms with van der Waals surface area (Å²) in [7, 11) is 0. The van der Waals surface area contributed by atoms with Crippen LogP contribution in [0.15, 0.2) is 47.3 Å². The molecule has 25 heavy (non-hydrogen) atoms. The van der Waals surface area contributed by atoms with Gasteiger partial charge in [-0.05, 0) is 38.1 Å². The molecule has 0 fully saturated rings. The van der Waals surface area contributed by atoms with Crippen molar-refractivity contribution in [2.45, 2.75) is 13.8 Å². The van der Waals surface area contributed by atoms with Gasteiger partial charge in [0, 0.05) is 23.9 Å². The van der Waals surface area contributed by atoms with E-state index in [-0.39, 0.29) is 5.82 Å². The first kappa shape index (κ1) is 18.8. The van der Waals surface area contributed by atoms with Crippen molar-refractivity contribution in [2.75, 3.05) is 24.7 Å². The Labute approximate surface area is 151 Å². The monoisotopic (exact) mass is 360 g/mol. The number of nitrogens with zero attached hydrogens (tertiary/aromatic N) is 2. The lowest BCUT2D eigenvalue weighted by molar-refractivity contribution is 0.162. The highest BCUT2D eigenvalue weighted by Gasteiger charge is 2.13. The predicted molar refractivity (Wildman–Crippen MR) is 103 cm³/mol.